The summed E-state index contributed by atoms with van der Waals surface area (Å²) in [5.41, 5.74) is 0.893. The number of carboxylic acid groups (broad SMARTS) is 1. The Bertz CT molecular complexity index is 551. The lowest BCUT2D eigenvalue weighted by molar-refractivity contribution is -0.151. The lowest BCUT2D eigenvalue weighted by Crippen LogP contribution is -2.39. The minimum Gasteiger partial charge on any atom is -0.479 e. The Morgan fingerprint density at radius 2 is 1.76 bits per heavy atom. The van der Waals surface area contributed by atoms with Gasteiger partial charge >= 0.3 is 5.97 Å². The summed E-state index contributed by atoms with van der Waals surface area (Å²) in [6, 6.07) is 9.82. The molecule has 2 atom stereocenters. The highest BCUT2D eigenvalue weighted by atomic mass is 28.3. The molecule has 1 aromatic rings. The Morgan fingerprint density at radius 3 is 2.24 bits per heavy atom. The van der Waals surface area contributed by atoms with E-state index in [9.17, 15) is 14.7 Å². The summed E-state index contributed by atoms with van der Waals surface area (Å²) in [6.45, 7) is 10.7. The van der Waals surface area contributed by atoms with E-state index >= 15 is 0 Å². The zero-order chi connectivity index (χ0) is 19.0. The van der Waals surface area contributed by atoms with Crippen LogP contribution >= 0.6 is 0 Å². The number of carboxylic acids is 1. The van der Waals surface area contributed by atoms with Crippen LogP contribution in [-0.2, 0) is 25.4 Å². The molecule has 0 aliphatic heterocycles. The van der Waals surface area contributed by atoms with Gasteiger partial charge in [0.25, 0.3) is 0 Å². The van der Waals surface area contributed by atoms with E-state index in [2.05, 4.69) is 0 Å². The fourth-order valence-electron chi connectivity index (χ4n) is 2.40. The lowest BCUT2D eigenvalue weighted by atomic mass is 9.78. The second kappa shape index (κ2) is 9.84. The van der Waals surface area contributed by atoms with Crippen molar-refractivity contribution in [2.45, 2.75) is 53.0 Å². The summed E-state index contributed by atoms with van der Waals surface area (Å²) in [6.07, 6.45) is -1.22. The highest BCUT2D eigenvalue weighted by Gasteiger charge is 2.34. The molecule has 1 N–H and O–H groups in total. The zero-order valence-electron chi connectivity index (χ0n) is 15.8. The van der Waals surface area contributed by atoms with Gasteiger partial charge in [0.15, 0.2) is 14.8 Å². The van der Waals surface area contributed by atoms with Crippen molar-refractivity contribution < 1.29 is 23.9 Å². The van der Waals surface area contributed by atoms with Crippen LogP contribution in [0.3, 0.4) is 0 Å². The van der Waals surface area contributed by atoms with Crippen LogP contribution in [0.5, 0.6) is 0 Å². The molecule has 1 rings (SSSR count). The van der Waals surface area contributed by atoms with E-state index < -0.39 is 21.1 Å². The molecule has 0 saturated carbocycles. The Morgan fingerprint density at radius 1 is 1.16 bits per heavy atom. The largest absolute Gasteiger partial charge is 0.479 e. The average molecular weight is 367 g/mol. The minimum atomic E-state index is -1.62. The number of Topliss-reactive ketones (excluding diaryl/α,β-unsaturated/α-hetero) is 1. The Labute approximate surface area is 152 Å². The van der Waals surface area contributed by atoms with Crippen LogP contribution in [0, 0.1) is 11.3 Å². The van der Waals surface area contributed by atoms with E-state index in [1.807, 2.05) is 64.2 Å². The van der Waals surface area contributed by atoms with E-state index in [-0.39, 0.29) is 23.5 Å². The molecule has 0 aliphatic carbocycles. The SMILES string of the molecule is C[SiH](C)O[C@H](C(=O)O)C(=O)CC(COCc1ccccc1)C(C)(C)C. The van der Waals surface area contributed by atoms with E-state index in [0.717, 1.165) is 5.56 Å². The topological polar surface area (TPSA) is 72.8 Å². The highest BCUT2D eigenvalue weighted by Crippen LogP contribution is 2.30. The van der Waals surface area contributed by atoms with Gasteiger partial charge in [-0.3, -0.25) is 4.79 Å². The first-order valence-corrected chi connectivity index (χ1v) is 11.4. The molecule has 5 nitrogen and oxygen atoms in total. The first kappa shape index (κ1) is 21.5. The third kappa shape index (κ3) is 7.94. The van der Waals surface area contributed by atoms with Crippen molar-refractivity contribution in [2.75, 3.05) is 6.61 Å². The van der Waals surface area contributed by atoms with E-state index in [1.54, 1.807) is 0 Å². The number of carbonyl (C=O) groups excluding carboxylic acids is 1. The van der Waals surface area contributed by atoms with E-state index in [4.69, 9.17) is 9.16 Å². The summed E-state index contributed by atoms with van der Waals surface area (Å²) < 4.78 is 11.2. The summed E-state index contributed by atoms with van der Waals surface area (Å²) in [7, 11) is -1.62. The van der Waals surface area contributed by atoms with Crippen LogP contribution in [-0.4, -0.2) is 38.6 Å². The zero-order valence-corrected chi connectivity index (χ0v) is 17.0. The smallest absolute Gasteiger partial charge is 0.339 e. The van der Waals surface area contributed by atoms with Gasteiger partial charge in [0.2, 0.25) is 6.10 Å². The number of aliphatic carboxylic acids is 1. The van der Waals surface area contributed by atoms with Crippen LogP contribution < -0.4 is 0 Å². The molecular weight excluding hydrogens is 336 g/mol. The molecule has 0 radical (unpaired) electrons. The fourth-order valence-corrected chi connectivity index (χ4v) is 3.21. The van der Waals surface area contributed by atoms with Crippen molar-refractivity contribution in [1.82, 2.24) is 0 Å². The van der Waals surface area contributed by atoms with Gasteiger partial charge in [-0.15, -0.1) is 0 Å². The molecular formula is C19H30O5Si. The number of carbonyl (C=O) groups is 2. The molecule has 0 spiro atoms. The van der Waals surface area contributed by atoms with Crippen molar-refractivity contribution in [3.63, 3.8) is 0 Å². The van der Waals surface area contributed by atoms with Crippen LogP contribution in [0.25, 0.3) is 0 Å². The summed E-state index contributed by atoms with van der Waals surface area (Å²) in [5.74, 6) is -1.66. The van der Waals surface area contributed by atoms with Crippen LogP contribution in [0.2, 0.25) is 13.1 Å². The molecule has 0 heterocycles. The summed E-state index contributed by atoms with van der Waals surface area (Å²) in [4.78, 5) is 23.8. The van der Waals surface area contributed by atoms with Gasteiger partial charge in [-0.05, 0) is 30.0 Å². The molecule has 0 fully saturated rings. The van der Waals surface area contributed by atoms with Gasteiger partial charge in [-0.25, -0.2) is 4.79 Å². The molecule has 140 valence electrons. The molecule has 1 aromatic carbocycles. The van der Waals surface area contributed by atoms with Crippen molar-refractivity contribution >= 4 is 20.8 Å². The standard InChI is InChI=1S/C19H30O5Si/c1-19(2,3)15(13-23-12-14-9-7-6-8-10-14)11-16(20)17(18(21)22)24-25(4)5/h6-10,15,17,25H,11-13H2,1-5H3,(H,21,22)/t15?,17-/m0/s1. The lowest BCUT2D eigenvalue weighted by Gasteiger charge is -2.31. The van der Waals surface area contributed by atoms with Gasteiger partial charge in [0.1, 0.15) is 0 Å². The van der Waals surface area contributed by atoms with Crippen LogP contribution in [0.4, 0.5) is 0 Å². The van der Waals surface area contributed by atoms with Gasteiger partial charge in [0, 0.05) is 6.42 Å². The predicted octanol–water partition coefficient (Wildman–Crippen LogP) is 3.28. The second-order valence-electron chi connectivity index (χ2n) is 7.64. The summed E-state index contributed by atoms with van der Waals surface area (Å²) in [5, 5.41) is 9.28. The van der Waals surface area contributed by atoms with Crippen LogP contribution in [0.15, 0.2) is 30.3 Å². The maximum absolute atomic E-state index is 12.5. The van der Waals surface area contributed by atoms with Crippen LogP contribution in [0.1, 0.15) is 32.8 Å². The molecule has 0 aliphatic rings. The molecule has 6 heteroatoms. The average Bonchev–Trinajstić information content (AvgIpc) is 2.51. The van der Waals surface area contributed by atoms with Crippen molar-refractivity contribution in [2.24, 2.45) is 11.3 Å². The quantitative estimate of drug-likeness (QED) is 0.508. The minimum absolute atomic E-state index is 0.0806. The van der Waals surface area contributed by atoms with E-state index in [0.29, 0.717) is 13.2 Å². The molecule has 25 heavy (non-hydrogen) atoms. The number of ketones is 1. The number of benzene rings is 1. The Hall–Kier alpha value is -1.50. The number of ether oxygens (including phenoxy) is 1. The molecule has 0 bridgehead atoms. The second-order valence-corrected chi connectivity index (χ2v) is 10.0. The molecule has 0 amide bonds. The van der Waals surface area contributed by atoms with Gasteiger partial charge in [0.05, 0.1) is 13.2 Å². The normalized spacial score (nSPS) is 14.3. The highest BCUT2D eigenvalue weighted by molar-refractivity contribution is 6.49. The fraction of sp³-hybridized carbons (Fsp3) is 0.579. The number of rotatable bonds is 10. The maximum atomic E-state index is 12.5. The van der Waals surface area contributed by atoms with Crippen molar-refractivity contribution in [3.05, 3.63) is 35.9 Å². The first-order valence-electron chi connectivity index (χ1n) is 8.64. The number of hydrogen-bond donors (Lipinski definition) is 1. The Kier molecular flexibility index (Phi) is 8.48. The van der Waals surface area contributed by atoms with Crippen molar-refractivity contribution in [1.29, 1.82) is 0 Å². The monoisotopic (exact) mass is 366 g/mol. The predicted molar refractivity (Wildman–Crippen MR) is 100 cm³/mol. The van der Waals surface area contributed by atoms with Crippen molar-refractivity contribution in [3.8, 4) is 0 Å². The first-order chi connectivity index (χ1) is 11.6. The third-order valence-electron chi connectivity index (χ3n) is 4.03. The van der Waals surface area contributed by atoms with E-state index in [1.165, 1.54) is 0 Å². The maximum Gasteiger partial charge on any atom is 0.339 e. The Balaban J connectivity index is 2.68. The number of hydrogen-bond acceptors (Lipinski definition) is 4. The van der Waals surface area contributed by atoms with Gasteiger partial charge in [-0.1, -0.05) is 51.1 Å². The summed E-state index contributed by atoms with van der Waals surface area (Å²) >= 11 is 0. The molecule has 0 aromatic heterocycles. The third-order valence-corrected chi connectivity index (χ3v) is 4.84. The molecule has 0 saturated heterocycles. The molecule has 1 unspecified atom stereocenters. The van der Waals surface area contributed by atoms with Gasteiger partial charge < -0.3 is 14.3 Å². The van der Waals surface area contributed by atoms with Gasteiger partial charge in [-0.2, -0.15) is 0 Å².